The average Bonchev–Trinajstić information content (AvgIpc) is 1.58. The van der Waals surface area contributed by atoms with Gasteiger partial charge in [0.05, 0.1) is 29.6 Å². The number of ether oxygens (including phenoxy) is 2. The number of sulfonamides is 2. The van der Waals surface area contributed by atoms with E-state index in [1.165, 1.54) is 41.7 Å². The zero-order chi connectivity index (χ0) is 102. The summed E-state index contributed by atoms with van der Waals surface area (Å²) in [4.78, 5) is 136. The van der Waals surface area contributed by atoms with Crippen LogP contribution in [0.4, 0.5) is 17.6 Å². The number of nitrogens with zero attached hydrogens (tertiary/aromatic N) is 1. The summed E-state index contributed by atoms with van der Waals surface area (Å²) in [7, 11) is -4.28. The highest BCUT2D eigenvalue weighted by atomic mass is 32.2. The number of hydrogen-bond donors (Lipinski definition) is 11. The van der Waals surface area contributed by atoms with E-state index in [9.17, 15) is 82.3 Å². The molecule has 752 valence electrons. The summed E-state index contributed by atoms with van der Waals surface area (Å²) >= 11 is 0. The van der Waals surface area contributed by atoms with E-state index in [-0.39, 0.29) is 114 Å². The van der Waals surface area contributed by atoms with Crippen molar-refractivity contribution in [2.24, 2.45) is 5.14 Å². The SMILES string of the molecule is COc1cc(/C(=C\[C@H]2CCC(=O)N2)c2ccc(C3CC3)c(=O)[nH]2)ccc1C(F)F.COc1ccc(/C(=C\[C@H]2CCC(=O)N2)c2ccc(C3CC3)c(=O)[nH]2)cc1C.Cc1cc(/C(=C\[C@H]2CCC(=O)N2)c2ccc(C3CC3)c(=O)[nH]2)ccc1C(F)F.NS(=O)(=O)c1ccc(/C(=C\[C@H]2CCC(=O)N2)c2ccc(C3CC3)c(=O)[nH]2)cc1.O=C1CC[C@H](/C=C(\c2ccc(S(=O)(=O)N3CCCC3)cc2)c2ccc(C3CC3)c(=O)[nH]2)N1. The Labute approximate surface area is 830 Å². The molecule has 12 N–H and O–H groups in total. The van der Waals surface area contributed by atoms with Crippen LogP contribution in [0.1, 0.15) is 290 Å². The molecule has 144 heavy (non-hydrogen) atoms. The Morgan fingerprint density at radius 1 is 0.326 bits per heavy atom. The van der Waals surface area contributed by atoms with Gasteiger partial charge in [0.25, 0.3) is 40.6 Å². The third-order valence-electron chi connectivity index (χ3n) is 27.9. The first-order chi connectivity index (χ1) is 69.1. The van der Waals surface area contributed by atoms with Crippen LogP contribution in [0.15, 0.2) is 228 Å². The minimum Gasteiger partial charge on any atom is -0.496 e. The Kier molecular flexibility index (Phi) is 31.1. The van der Waals surface area contributed by atoms with Crippen LogP contribution < -0.4 is 69.0 Å². The molecule has 10 aromatic rings. The number of benzene rings is 5. The number of aromatic nitrogens is 5. The Morgan fingerprint density at radius 2 is 0.590 bits per heavy atom. The molecule has 0 unspecified atom stereocenters. The van der Waals surface area contributed by atoms with E-state index in [2.05, 4.69) is 57.6 Å². The van der Waals surface area contributed by atoms with Crippen LogP contribution in [0.3, 0.4) is 0 Å². The summed E-state index contributed by atoms with van der Waals surface area (Å²) in [5.74, 6) is 2.69. The molecule has 11 fully saturated rings. The number of H-pyrrole nitrogens is 5. The van der Waals surface area contributed by atoms with Gasteiger partial charge in [-0.15, -0.1) is 0 Å². The van der Waals surface area contributed by atoms with Crippen LogP contribution >= 0.6 is 0 Å². The number of primary sulfonamides is 1. The molecule has 6 saturated heterocycles. The number of aryl methyl sites for hydroxylation is 2. The minimum absolute atomic E-state index is 0.00477. The zero-order valence-electron chi connectivity index (χ0n) is 80.3. The number of aromatic amines is 5. The van der Waals surface area contributed by atoms with Gasteiger partial charge in [-0.1, -0.05) is 115 Å². The fraction of sp³-hybridized carbons (Fsp3) is 0.364. The maximum Gasteiger partial charge on any atom is 0.267 e. The van der Waals surface area contributed by atoms with Crippen LogP contribution in [-0.4, -0.2) is 133 Å². The molecule has 5 aromatic carbocycles. The van der Waals surface area contributed by atoms with Gasteiger partial charge in [0.2, 0.25) is 49.6 Å². The van der Waals surface area contributed by atoms with E-state index >= 15 is 0 Å². The molecule has 5 aliphatic carbocycles. The molecule has 0 radical (unpaired) electrons. The van der Waals surface area contributed by atoms with Crippen LogP contribution in [0.5, 0.6) is 11.5 Å². The number of alkyl halides is 4. The summed E-state index contributed by atoms with van der Waals surface area (Å²) in [6.07, 6.45) is 22.5. The van der Waals surface area contributed by atoms with Crippen LogP contribution in [0.25, 0.3) is 27.9 Å². The predicted molar refractivity (Wildman–Crippen MR) is 540 cm³/mol. The lowest BCUT2D eigenvalue weighted by Gasteiger charge is -2.17. The van der Waals surface area contributed by atoms with Crippen molar-refractivity contribution in [1.29, 1.82) is 0 Å². The number of halogens is 4. The Hall–Kier alpha value is -14.0. The first-order valence-corrected chi connectivity index (χ1v) is 52.1. The predicted octanol–water partition coefficient (Wildman–Crippen LogP) is 15.8. The third kappa shape index (κ3) is 25.1. The standard InChI is InChI=1S/C24H27N3O4S.C22H22F2N2O3.C22H22F2N2O2.C22H24N2O3.C20H21N3O4S/c28-23-12-7-18(25-23)15-21(22-11-10-20(16-3-4-16)24(29)26-22)17-5-8-19(9-6-17)32(30,31)27-13-1-2-14-27;1-29-19-10-13(4-6-16(19)21(23)24)17(11-14-5-9-20(27)25-14)18-8-7-15(12-2-3-12)22(28)26-18;1-12-10-14(4-6-16(12)21(23)24)18(11-15-5-9-20(27)25-15)19-8-7-17(13-2-3-13)22(28)26-19;1-13-11-15(5-9-20(13)27-2)18(12-16-6-10-21(25)23-16)19-8-7-17(14-3-4-14)22(26)24-19;21-28(26,27)15-6-3-13(4-7-15)17(11-14-5-10-19(24)22-14)18-9-8-16(12-1-2-12)20(25)23-18/h5-6,8-11,15-16,18H,1-4,7,12-14H2,(H,25,28)(H,26,29);4,6-8,10-12,14,21H,2-3,5,9H2,1H3,(H,25,27)(H,26,28);4,6-8,10-11,13,15,21H,2-3,5,9H2,1H3,(H,25,27)(H,26,28);5,7-9,11-12,14,16H,3-4,6,10H2,1-2H3,(H,23,25)(H,24,26);3-4,6-9,11-12,14H,1-2,5,10H2,(H,22,24)(H,23,25)(H2,21,26,27)/b21-15+;17-11+;18-11+;18-12+;17-11+/t18-;14-;15-;16-;14-/m11111/s1. The number of rotatable bonds is 27. The Balaban J connectivity index is 0.000000124. The number of amides is 5. The molecule has 6 aliphatic heterocycles. The van der Waals surface area contributed by atoms with Crippen molar-refractivity contribution in [3.8, 4) is 11.5 Å². The van der Waals surface area contributed by atoms with Crippen molar-refractivity contribution in [3.05, 3.63) is 352 Å². The van der Waals surface area contributed by atoms with Crippen molar-refractivity contribution >= 4 is 77.4 Å². The summed E-state index contributed by atoms with van der Waals surface area (Å²) in [6, 6.07) is 46.4. The molecule has 5 amide bonds. The highest BCUT2D eigenvalue weighted by molar-refractivity contribution is 7.89. The van der Waals surface area contributed by atoms with Crippen LogP contribution in [0.2, 0.25) is 0 Å². The summed E-state index contributed by atoms with van der Waals surface area (Å²) in [6.45, 7) is 4.77. The van der Waals surface area contributed by atoms with Crippen molar-refractivity contribution in [2.75, 3.05) is 27.3 Å². The quantitative estimate of drug-likeness (QED) is 0.0213. The lowest BCUT2D eigenvalue weighted by Crippen LogP contribution is -2.27. The van der Waals surface area contributed by atoms with Crippen LogP contribution in [0, 0.1) is 13.8 Å². The second kappa shape index (κ2) is 44.1. The van der Waals surface area contributed by atoms with E-state index in [1.807, 2.05) is 110 Å². The molecule has 5 saturated carbocycles. The molecule has 5 aromatic heterocycles. The first-order valence-electron chi connectivity index (χ1n) is 49.1. The third-order valence-corrected chi connectivity index (χ3v) is 30.7. The Morgan fingerprint density at radius 3 is 0.840 bits per heavy atom. The fourth-order valence-electron chi connectivity index (χ4n) is 19.2. The van der Waals surface area contributed by atoms with Gasteiger partial charge in [0.15, 0.2) is 0 Å². The van der Waals surface area contributed by atoms with E-state index in [0.717, 1.165) is 173 Å². The number of nitrogens with two attached hydrogens (primary N) is 1. The van der Waals surface area contributed by atoms with Gasteiger partial charge >= 0.3 is 0 Å². The van der Waals surface area contributed by atoms with E-state index in [1.54, 1.807) is 68.6 Å². The van der Waals surface area contributed by atoms with Gasteiger partial charge < -0.3 is 61.0 Å². The molecule has 34 heteroatoms. The van der Waals surface area contributed by atoms with E-state index < -0.39 is 32.9 Å². The number of nitrogens with one attached hydrogen (secondary N) is 10. The van der Waals surface area contributed by atoms with Gasteiger partial charge in [-0.2, -0.15) is 4.31 Å². The summed E-state index contributed by atoms with van der Waals surface area (Å²) in [5.41, 5.74) is 15.9. The Bertz CT molecular complexity index is 7340. The van der Waals surface area contributed by atoms with Gasteiger partial charge in [0, 0.05) is 165 Å². The van der Waals surface area contributed by atoms with Crippen LogP contribution in [-0.2, 0) is 44.0 Å². The lowest BCUT2D eigenvalue weighted by atomic mass is 9.95. The topological polar surface area (TPSA) is 426 Å². The monoisotopic (exact) mass is 2000 g/mol. The van der Waals surface area contributed by atoms with Crippen molar-refractivity contribution < 1.29 is 67.8 Å². The molecule has 0 spiro atoms. The lowest BCUT2D eigenvalue weighted by molar-refractivity contribution is -0.120. The summed E-state index contributed by atoms with van der Waals surface area (Å²) < 4.78 is 114. The maximum absolute atomic E-state index is 13.2. The first kappa shape index (κ1) is 102. The average molecular weight is 2000 g/mol. The van der Waals surface area contributed by atoms with Gasteiger partial charge in [0.1, 0.15) is 11.5 Å². The zero-order valence-corrected chi connectivity index (χ0v) is 81.9. The molecule has 0 bridgehead atoms. The van der Waals surface area contributed by atoms with Crippen molar-refractivity contribution in [1.82, 2.24) is 55.8 Å². The molecule has 11 aliphatic rings. The summed E-state index contributed by atoms with van der Waals surface area (Å²) in [5, 5.41) is 19.8. The molecular weight excluding hydrogens is 1890 g/mol. The van der Waals surface area contributed by atoms with Gasteiger partial charge in [-0.05, 0) is 270 Å². The van der Waals surface area contributed by atoms with Crippen molar-refractivity contribution in [2.45, 2.75) is 238 Å². The fourth-order valence-corrected chi connectivity index (χ4v) is 21.3. The maximum atomic E-state index is 13.2. The number of carbonyl (C=O) groups is 5. The largest absolute Gasteiger partial charge is 0.496 e. The van der Waals surface area contributed by atoms with E-state index in [0.29, 0.717) is 140 Å². The van der Waals surface area contributed by atoms with E-state index in [4.69, 9.17) is 14.6 Å². The molecular formula is C110H116F4N12O16S2. The number of hydrogen-bond acceptors (Lipinski definition) is 16. The highest BCUT2D eigenvalue weighted by Crippen LogP contribution is 2.45. The van der Waals surface area contributed by atoms with Gasteiger partial charge in [-0.25, -0.2) is 39.5 Å². The second-order valence-corrected chi connectivity index (χ2v) is 42.1. The normalized spacial score (nSPS) is 20.4. The smallest absolute Gasteiger partial charge is 0.267 e. The molecule has 11 heterocycles. The second-order valence-electron chi connectivity index (χ2n) is 38.6. The minimum atomic E-state index is -3.79. The number of carbonyl (C=O) groups excluding carboxylic acids is 5. The molecule has 21 rings (SSSR count). The number of methoxy groups -OCH3 is 2. The molecule has 28 nitrogen and oxygen atoms in total. The number of pyridine rings is 5. The molecule has 5 atom stereocenters. The highest BCUT2D eigenvalue weighted by Gasteiger charge is 2.36. The van der Waals surface area contributed by atoms with Crippen molar-refractivity contribution in [3.63, 3.8) is 0 Å². The van der Waals surface area contributed by atoms with Gasteiger partial charge in [-0.3, -0.25) is 47.9 Å².